The lowest BCUT2D eigenvalue weighted by Crippen LogP contribution is -2.32. The van der Waals surface area contributed by atoms with E-state index in [0.717, 1.165) is 16.7 Å². The molecule has 0 heterocycles. The molecule has 120 valence electrons. The first-order valence-electron chi connectivity index (χ1n) is 8.45. The zero-order chi connectivity index (χ0) is 16.8. The summed E-state index contributed by atoms with van der Waals surface area (Å²) in [5.74, 6) is 0.270. The third-order valence-corrected chi connectivity index (χ3v) is 4.66. The molecule has 0 aliphatic heterocycles. The van der Waals surface area contributed by atoms with Gasteiger partial charge in [0.25, 0.3) is 0 Å². The lowest BCUT2D eigenvalue weighted by molar-refractivity contribution is -0.119. The summed E-state index contributed by atoms with van der Waals surface area (Å²) >= 11 is 0. The van der Waals surface area contributed by atoms with Crippen LogP contribution in [-0.2, 0) is 10.2 Å². The molecule has 0 aliphatic carbocycles. The Hall–Kier alpha value is -2.67. The molecule has 0 aliphatic rings. The van der Waals surface area contributed by atoms with E-state index in [9.17, 15) is 4.79 Å². The number of carbonyl (C=O) groups excluding carboxylic acids is 1. The van der Waals surface area contributed by atoms with Gasteiger partial charge in [0.15, 0.2) is 0 Å². The van der Waals surface area contributed by atoms with Crippen LogP contribution in [0.1, 0.15) is 36.5 Å². The summed E-state index contributed by atoms with van der Waals surface area (Å²) in [5.41, 5.74) is 3.02. The number of ketones is 1. The van der Waals surface area contributed by atoms with Crippen molar-refractivity contribution in [2.24, 2.45) is 0 Å². The summed E-state index contributed by atoms with van der Waals surface area (Å²) in [4.78, 5) is 12.5. The number of Topliss-reactive ketones (excluding diaryl/α,β-unsaturated/α-hetero) is 1. The lowest BCUT2D eigenvalue weighted by Gasteiger charge is -2.35. The van der Waals surface area contributed by atoms with Gasteiger partial charge in [-0.2, -0.15) is 0 Å². The number of hydrogen-bond donors (Lipinski definition) is 0. The van der Waals surface area contributed by atoms with Crippen molar-refractivity contribution in [3.8, 4) is 0 Å². The second kappa shape index (κ2) is 7.27. The summed E-state index contributed by atoms with van der Waals surface area (Å²) in [5, 5.41) is 0. The highest BCUT2D eigenvalue weighted by atomic mass is 16.1. The summed E-state index contributed by atoms with van der Waals surface area (Å²) in [7, 11) is 0. The van der Waals surface area contributed by atoms with E-state index in [2.05, 4.69) is 36.4 Å². The number of carbonyl (C=O) groups is 1. The fraction of sp³-hybridized carbons (Fsp3) is 0.174. The average molecular weight is 314 g/mol. The molecule has 0 bridgehead atoms. The predicted octanol–water partition coefficient (Wildman–Crippen LogP) is 5.39. The normalized spacial score (nSPS) is 11.2. The van der Waals surface area contributed by atoms with Gasteiger partial charge in [0, 0.05) is 12.8 Å². The third-order valence-electron chi connectivity index (χ3n) is 4.66. The van der Waals surface area contributed by atoms with E-state index in [-0.39, 0.29) is 5.78 Å². The first-order valence-corrected chi connectivity index (χ1v) is 8.45. The Morgan fingerprint density at radius 1 is 0.667 bits per heavy atom. The van der Waals surface area contributed by atoms with E-state index in [4.69, 9.17) is 0 Å². The molecule has 0 amide bonds. The highest BCUT2D eigenvalue weighted by molar-refractivity contribution is 5.81. The Bertz CT molecular complexity index is 679. The van der Waals surface area contributed by atoms with Crippen molar-refractivity contribution < 1.29 is 4.79 Å². The molecule has 0 atom stereocenters. The molecule has 0 N–H and O–H groups in total. The van der Waals surface area contributed by atoms with E-state index >= 15 is 0 Å². The van der Waals surface area contributed by atoms with E-state index in [1.807, 2.05) is 61.5 Å². The molecule has 0 aromatic heterocycles. The second-order valence-electron chi connectivity index (χ2n) is 6.07. The fourth-order valence-corrected chi connectivity index (χ4v) is 3.39. The number of rotatable bonds is 6. The largest absolute Gasteiger partial charge is 0.300 e. The predicted molar refractivity (Wildman–Crippen MR) is 99.1 cm³/mol. The zero-order valence-electron chi connectivity index (χ0n) is 14.0. The minimum Gasteiger partial charge on any atom is -0.300 e. The number of benzene rings is 3. The molecule has 24 heavy (non-hydrogen) atoms. The quantitative estimate of drug-likeness (QED) is 0.557. The van der Waals surface area contributed by atoms with Gasteiger partial charge in [-0.1, -0.05) is 97.9 Å². The smallest absolute Gasteiger partial charge is 0.134 e. The van der Waals surface area contributed by atoms with Crippen LogP contribution in [0.15, 0.2) is 91.0 Å². The van der Waals surface area contributed by atoms with Crippen molar-refractivity contribution >= 4 is 5.78 Å². The molecule has 3 aromatic rings. The van der Waals surface area contributed by atoms with Crippen molar-refractivity contribution in [2.45, 2.75) is 25.2 Å². The van der Waals surface area contributed by atoms with E-state index in [0.29, 0.717) is 12.8 Å². The summed E-state index contributed by atoms with van der Waals surface area (Å²) in [6, 6.07) is 31.1. The van der Waals surface area contributed by atoms with Gasteiger partial charge < -0.3 is 0 Å². The van der Waals surface area contributed by atoms with Gasteiger partial charge in [-0.05, 0) is 16.7 Å². The maximum Gasteiger partial charge on any atom is 0.134 e. The Labute approximate surface area is 144 Å². The molecular weight excluding hydrogens is 292 g/mol. The van der Waals surface area contributed by atoms with Crippen LogP contribution in [0.5, 0.6) is 0 Å². The highest BCUT2D eigenvalue weighted by Gasteiger charge is 2.37. The minimum atomic E-state index is -0.448. The van der Waals surface area contributed by atoms with Gasteiger partial charge in [-0.25, -0.2) is 0 Å². The molecule has 3 aromatic carbocycles. The zero-order valence-corrected chi connectivity index (χ0v) is 14.0. The second-order valence-corrected chi connectivity index (χ2v) is 6.07. The molecule has 0 unspecified atom stereocenters. The Morgan fingerprint density at radius 3 is 1.29 bits per heavy atom. The SMILES string of the molecule is CCC(=O)CC(c1ccccc1)(c1ccccc1)c1ccccc1. The van der Waals surface area contributed by atoms with Crippen LogP contribution in [0, 0.1) is 0 Å². The van der Waals surface area contributed by atoms with Gasteiger partial charge in [0.05, 0.1) is 5.41 Å². The molecule has 0 spiro atoms. The van der Waals surface area contributed by atoms with Crippen LogP contribution in [0.25, 0.3) is 0 Å². The van der Waals surface area contributed by atoms with Crippen LogP contribution in [0.3, 0.4) is 0 Å². The van der Waals surface area contributed by atoms with Gasteiger partial charge in [-0.3, -0.25) is 4.79 Å². The average Bonchev–Trinajstić information content (AvgIpc) is 2.68. The van der Waals surface area contributed by atoms with Crippen molar-refractivity contribution in [2.75, 3.05) is 0 Å². The van der Waals surface area contributed by atoms with E-state index < -0.39 is 5.41 Å². The molecule has 0 fully saturated rings. The molecular formula is C23H22O. The fourth-order valence-electron chi connectivity index (χ4n) is 3.39. The van der Waals surface area contributed by atoms with Crippen LogP contribution >= 0.6 is 0 Å². The van der Waals surface area contributed by atoms with Crippen molar-refractivity contribution in [3.63, 3.8) is 0 Å². The van der Waals surface area contributed by atoms with E-state index in [1.54, 1.807) is 0 Å². The van der Waals surface area contributed by atoms with Gasteiger partial charge in [0.1, 0.15) is 5.78 Å². The Kier molecular flexibility index (Phi) is 4.90. The molecule has 3 rings (SSSR count). The highest BCUT2D eigenvalue weighted by Crippen LogP contribution is 2.42. The molecule has 1 nitrogen and oxygen atoms in total. The third kappa shape index (κ3) is 3.03. The monoisotopic (exact) mass is 314 g/mol. The van der Waals surface area contributed by atoms with E-state index in [1.165, 1.54) is 0 Å². The summed E-state index contributed by atoms with van der Waals surface area (Å²) in [6.45, 7) is 1.94. The lowest BCUT2D eigenvalue weighted by atomic mass is 9.66. The summed E-state index contributed by atoms with van der Waals surface area (Å²) in [6.07, 6.45) is 1.02. The maximum atomic E-state index is 12.5. The van der Waals surface area contributed by atoms with Gasteiger partial charge in [0.2, 0.25) is 0 Å². The Morgan fingerprint density at radius 2 is 1.00 bits per heavy atom. The standard InChI is InChI=1S/C23H22O/c1-2-22(24)18-23(19-12-6-3-7-13-19,20-14-8-4-9-15-20)21-16-10-5-11-17-21/h3-17H,2,18H2,1H3. The first-order chi connectivity index (χ1) is 11.8. The van der Waals surface area contributed by atoms with Crippen LogP contribution < -0.4 is 0 Å². The van der Waals surface area contributed by atoms with Gasteiger partial charge >= 0.3 is 0 Å². The molecule has 0 saturated carbocycles. The van der Waals surface area contributed by atoms with Crippen LogP contribution in [0.4, 0.5) is 0 Å². The number of hydrogen-bond acceptors (Lipinski definition) is 1. The van der Waals surface area contributed by atoms with Crippen molar-refractivity contribution in [3.05, 3.63) is 108 Å². The maximum absolute atomic E-state index is 12.5. The van der Waals surface area contributed by atoms with Crippen molar-refractivity contribution in [1.82, 2.24) is 0 Å². The summed E-state index contributed by atoms with van der Waals surface area (Å²) < 4.78 is 0. The van der Waals surface area contributed by atoms with Crippen molar-refractivity contribution in [1.29, 1.82) is 0 Å². The Balaban J connectivity index is 2.30. The molecule has 0 saturated heterocycles. The topological polar surface area (TPSA) is 17.1 Å². The van der Waals surface area contributed by atoms with Gasteiger partial charge in [-0.15, -0.1) is 0 Å². The van der Waals surface area contributed by atoms with Crippen LogP contribution in [0.2, 0.25) is 0 Å². The minimum absolute atomic E-state index is 0.270. The molecule has 1 heteroatoms. The molecule has 0 radical (unpaired) electrons. The van der Waals surface area contributed by atoms with Crippen LogP contribution in [-0.4, -0.2) is 5.78 Å². The first kappa shape index (κ1) is 16.2.